The Balaban J connectivity index is 2.19. The molecule has 0 aliphatic carbocycles. The third-order valence-electron chi connectivity index (χ3n) is 3.84. The molecule has 0 atom stereocenters. The Morgan fingerprint density at radius 3 is 2.56 bits per heavy atom. The van der Waals surface area contributed by atoms with E-state index in [1.165, 1.54) is 18.7 Å². The van der Waals surface area contributed by atoms with Gasteiger partial charge in [0.2, 0.25) is 0 Å². The first-order valence-electron chi connectivity index (χ1n) is 8.55. The molecule has 2 aromatic rings. The molecule has 0 spiro atoms. The fourth-order valence-electron chi connectivity index (χ4n) is 2.38. The molecule has 5 heteroatoms. The predicted octanol–water partition coefficient (Wildman–Crippen LogP) is 4.37. The first kappa shape index (κ1) is 19.8. The van der Waals surface area contributed by atoms with E-state index in [1.807, 2.05) is 30.3 Å². The van der Waals surface area contributed by atoms with E-state index in [1.54, 1.807) is 24.3 Å². The topological polar surface area (TPSA) is 71.3 Å². The maximum atomic E-state index is 12.4. The Bertz CT molecular complexity index is 877. The molecule has 0 saturated heterocycles. The van der Waals surface area contributed by atoms with E-state index in [4.69, 9.17) is 9.47 Å². The number of hydrogen-bond donors (Lipinski definition) is 1. The van der Waals surface area contributed by atoms with E-state index in [0.29, 0.717) is 29.4 Å². The zero-order valence-electron chi connectivity index (χ0n) is 15.5. The smallest absolute Gasteiger partial charge is 0.266 e. The second-order valence-electron chi connectivity index (χ2n) is 5.68. The van der Waals surface area contributed by atoms with Crippen LogP contribution in [0, 0.1) is 11.3 Å². The summed E-state index contributed by atoms with van der Waals surface area (Å²) >= 11 is 0. The van der Waals surface area contributed by atoms with E-state index in [-0.39, 0.29) is 5.57 Å². The van der Waals surface area contributed by atoms with E-state index in [2.05, 4.69) is 18.8 Å². The van der Waals surface area contributed by atoms with Gasteiger partial charge < -0.3 is 14.8 Å². The molecule has 0 heterocycles. The Labute approximate surface area is 159 Å². The van der Waals surface area contributed by atoms with Gasteiger partial charge >= 0.3 is 0 Å². The fraction of sp³-hybridized carbons (Fsp3) is 0.182. The van der Waals surface area contributed by atoms with Gasteiger partial charge in [-0.25, -0.2) is 0 Å². The number of benzene rings is 2. The summed E-state index contributed by atoms with van der Waals surface area (Å²) in [6.07, 6.45) is 4.07. The molecule has 2 aromatic carbocycles. The van der Waals surface area contributed by atoms with Gasteiger partial charge in [0.05, 0.1) is 7.11 Å². The zero-order chi connectivity index (χ0) is 19.6. The number of amides is 1. The van der Waals surface area contributed by atoms with Crippen molar-refractivity contribution in [1.29, 1.82) is 5.26 Å². The summed E-state index contributed by atoms with van der Waals surface area (Å²) in [6, 6.07) is 14.7. The highest BCUT2D eigenvalue weighted by Gasteiger charge is 2.11. The van der Waals surface area contributed by atoms with Crippen LogP contribution in [0.3, 0.4) is 0 Å². The highest BCUT2D eigenvalue weighted by atomic mass is 16.5. The maximum absolute atomic E-state index is 12.4. The Kier molecular flexibility index (Phi) is 7.21. The first-order valence-corrected chi connectivity index (χ1v) is 8.55. The highest BCUT2D eigenvalue weighted by molar-refractivity contribution is 6.09. The van der Waals surface area contributed by atoms with Crippen LogP contribution in [-0.2, 0) is 11.2 Å². The summed E-state index contributed by atoms with van der Waals surface area (Å²) in [5.41, 5.74) is 2.47. The lowest BCUT2D eigenvalue weighted by molar-refractivity contribution is -0.112. The Hall–Kier alpha value is -3.52. The normalized spacial score (nSPS) is 10.6. The summed E-state index contributed by atoms with van der Waals surface area (Å²) in [5.74, 6) is 0.611. The van der Waals surface area contributed by atoms with E-state index in [9.17, 15) is 10.1 Å². The monoisotopic (exact) mass is 362 g/mol. The van der Waals surface area contributed by atoms with Gasteiger partial charge in [-0.15, -0.1) is 0 Å². The summed E-state index contributed by atoms with van der Waals surface area (Å²) in [5, 5.41) is 12.1. The van der Waals surface area contributed by atoms with Gasteiger partial charge in [0, 0.05) is 5.69 Å². The number of nitriles is 1. The molecule has 1 N–H and O–H groups in total. The quantitative estimate of drug-likeness (QED) is 0.430. The number of nitrogens with one attached hydrogen (secondary N) is 1. The van der Waals surface area contributed by atoms with Crippen molar-refractivity contribution in [3.05, 3.63) is 71.8 Å². The van der Waals surface area contributed by atoms with E-state index >= 15 is 0 Å². The van der Waals surface area contributed by atoms with Crippen molar-refractivity contribution in [2.45, 2.75) is 13.3 Å². The van der Waals surface area contributed by atoms with Gasteiger partial charge in [-0.1, -0.05) is 37.8 Å². The number of methoxy groups -OCH3 is 1. The van der Waals surface area contributed by atoms with Gasteiger partial charge in [-0.3, -0.25) is 4.79 Å². The van der Waals surface area contributed by atoms with Gasteiger partial charge in [0.1, 0.15) is 18.2 Å². The number of anilines is 1. The van der Waals surface area contributed by atoms with Crippen molar-refractivity contribution in [1.82, 2.24) is 0 Å². The number of rotatable bonds is 8. The summed E-state index contributed by atoms with van der Waals surface area (Å²) in [6.45, 7) is 6.02. The van der Waals surface area contributed by atoms with Crippen LogP contribution in [0.4, 0.5) is 5.69 Å². The van der Waals surface area contributed by atoms with Gasteiger partial charge in [0.15, 0.2) is 11.5 Å². The molecule has 0 bridgehead atoms. The van der Waals surface area contributed by atoms with Gasteiger partial charge in [-0.05, 0) is 47.9 Å². The molecule has 1 amide bonds. The van der Waals surface area contributed by atoms with Crippen molar-refractivity contribution >= 4 is 17.7 Å². The standard InChI is InChI=1S/C22H22N2O3/c1-4-12-27-20-11-8-17(14-21(20)26-3)13-18(15-23)22(25)24-19-9-6-16(5-2)7-10-19/h4,6-11,13-14H,1,5,12H2,2-3H3,(H,24,25)/b18-13+. The molecule has 5 nitrogen and oxygen atoms in total. The fourth-order valence-corrected chi connectivity index (χ4v) is 2.38. The molecule has 0 aliphatic heterocycles. The van der Waals surface area contributed by atoms with Gasteiger partial charge in [-0.2, -0.15) is 5.26 Å². The minimum Gasteiger partial charge on any atom is -0.493 e. The van der Waals surface area contributed by atoms with Crippen molar-refractivity contribution in [3.8, 4) is 17.6 Å². The highest BCUT2D eigenvalue weighted by Crippen LogP contribution is 2.29. The molecule has 138 valence electrons. The number of carbonyl (C=O) groups excluding carboxylic acids is 1. The van der Waals surface area contributed by atoms with Gasteiger partial charge in [0.25, 0.3) is 5.91 Å². The first-order chi connectivity index (χ1) is 13.1. The second kappa shape index (κ2) is 9.83. The summed E-state index contributed by atoms with van der Waals surface area (Å²) < 4.78 is 10.8. The van der Waals surface area contributed by atoms with E-state index in [0.717, 1.165) is 6.42 Å². The summed E-state index contributed by atoms with van der Waals surface area (Å²) in [7, 11) is 1.53. The van der Waals surface area contributed by atoms with Crippen molar-refractivity contribution in [2.75, 3.05) is 19.0 Å². The Morgan fingerprint density at radius 2 is 1.96 bits per heavy atom. The number of nitrogens with zero attached hydrogens (tertiary/aromatic N) is 1. The van der Waals surface area contributed by atoms with Crippen LogP contribution in [0.25, 0.3) is 6.08 Å². The third kappa shape index (κ3) is 5.48. The molecule has 0 radical (unpaired) electrons. The van der Waals surface area contributed by atoms with Crippen LogP contribution >= 0.6 is 0 Å². The number of carbonyl (C=O) groups is 1. The van der Waals surface area contributed by atoms with Crippen molar-refractivity contribution in [2.24, 2.45) is 0 Å². The Morgan fingerprint density at radius 1 is 1.22 bits per heavy atom. The number of aryl methyl sites for hydroxylation is 1. The average molecular weight is 362 g/mol. The molecular formula is C22H22N2O3. The molecule has 0 fully saturated rings. The minimum absolute atomic E-state index is 0.00335. The lowest BCUT2D eigenvalue weighted by Gasteiger charge is -2.10. The largest absolute Gasteiger partial charge is 0.493 e. The second-order valence-corrected chi connectivity index (χ2v) is 5.68. The molecule has 0 aliphatic rings. The maximum Gasteiger partial charge on any atom is 0.266 e. The minimum atomic E-state index is -0.465. The van der Waals surface area contributed by atoms with Crippen LogP contribution in [0.1, 0.15) is 18.1 Å². The lowest BCUT2D eigenvalue weighted by Crippen LogP contribution is -2.13. The SMILES string of the molecule is C=CCOc1ccc(/C=C(\C#N)C(=O)Nc2ccc(CC)cc2)cc1OC. The molecule has 2 rings (SSSR count). The molecule has 0 aromatic heterocycles. The molecule has 0 unspecified atom stereocenters. The summed E-state index contributed by atoms with van der Waals surface area (Å²) in [4.78, 5) is 12.4. The van der Waals surface area contributed by atoms with Crippen molar-refractivity contribution < 1.29 is 14.3 Å². The number of hydrogen-bond acceptors (Lipinski definition) is 4. The molecular weight excluding hydrogens is 340 g/mol. The predicted molar refractivity (Wildman–Crippen MR) is 107 cm³/mol. The third-order valence-corrected chi connectivity index (χ3v) is 3.84. The van der Waals surface area contributed by atoms with Crippen LogP contribution in [0.5, 0.6) is 11.5 Å². The van der Waals surface area contributed by atoms with Crippen LogP contribution in [-0.4, -0.2) is 19.6 Å². The van der Waals surface area contributed by atoms with Crippen LogP contribution < -0.4 is 14.8 Å². The number of ether oxygens (including phenoxy) is 2. The average Bonchev–Trinajstić information content (AvgIpc) is 2.71. The van der Waals surface area contributed by atoms with Crippen LogP contribution in [0.2, 0.25) is 0 Å². The van der Waals surface area contributed by atoms with E-state index < -0.39 is 5.91 Å². The van der Waals surface area contributed by atoms with Crippen molar-refractivity contribution in [3.63, 3.8) is 0 Å². The van der Waals surface area contributed by atoms with Crippen LogP contribution in [0.15, 0.2) is 60.7 Å². The molecule has 27 heavy (non-hydrogen) atoms. The lowest BCUT2D eigenvalue weighted by atomic mass is 10.1. The molecule has 0 saturated carbocycles. The zero-order valence-corrected chi connectivity index (χ0v) is 15.5.